The highest BCUT2D eigenvalue weighted by atomic mass is 19.1. The number of hydrogen-bond acceptors (Lipinski definition) is 4. The second-order valence-corrected chi connectivity index (χ2v) is 6.75. The standard InChI is InChI=1S/C24H20FNO4/c1-15(27)19-4-3-5-21(14-19)26-24(29)16(2)30-22-12-8-18(9-13-22)23(28)17-6-10-20(25)11-7-17/h3-14,16H,1-2H3,(H,26,29). The fraction of sp³-hybridized carbons (Fsp3) is 0.125. The second kappa shape index (κ2) is 9.13. The van der Waals surface area contributed by atoms with Crippen LogP contribution in [-0.2, 0) is 4.79 Å². The summed E-state index contributed by atoms with van der Waals surface area (Å²) in [7, 11) is 0. The van der Waals surface area contributed by atoms with E-state index in [-0.39, 0.29) is 17.5 Å². The van der Waals surface area contributed by atoms with E-state index in [1.54, 1.807) is 55.5 Å². The molecule has 0 radical (unpaired) electrons. The molecular weight excluding hydrogens is 385 g/mol. The Morgan fingerprint density at radius 2 is 1.47 bits per heavy atom. The normalized spacial score (nSPS) is 11.4. The number of ketones is 2. The molecule has 1 unspecified atom stereocenters. The van der Waals surface area contributed by atoms with Crippen molar-refractivity contribution in [1.82, 2.24) is 0 Å². The second-order valence-electron chi connectivity index (χ2n) is 6.75. The molecule has 1 N–H and O–H groups in total. The van der Waals surface area contributed by atoms with Crippen molar-refractivity contribution >= 4 is 23.2 Å². The Balaban J connectivity index is 1.62. The molecule has 0 fully saturated rings. The summed E-state index contributed by atoms with van der Waals surface area (Å²) >= 11 is 0. The molecule has 0 aliphatic heterocycles. The fourth-order valence-electron chi connectivity index (χ4n) is 2.77. The van der Waals surface area contributed by atoms with Gasteiger partial charge < -0.3 is 10.1 Å². The van der Waals surface area contributed by atoms with Gasteiger partial charge in [-0.3, -0.25) is 14.4 Å². The van der Waals surface area contributed by atoms with Crippen LogP contribution >= 0.6 is 0 Å². The first-order valence-electron chi connectivity index (χ1n) is 9.32. The summed E-state index contributed by atoms with van der Waals surface area (Å²) in [6.45, 7) is 3.05. The van der Waals surface area contributed by atoms with Gasteiger partial charge in [0.05, 0.1) is 0 Å². The number of amides is 1. The summed E-state index contributed by atoms with van der Waals surface area (Å²) in [6, 6.07) is 18.3. The molecule has 0 bridgehead atoms. The number of carbonyl (C=O) groups is 3. The molecule has 1 atom stereocenters. The first-order valence-corrected chi connectivity index (χ1v) is 9.32. The van der Waals surface area contributed by atoms with Gasteiger partial charge in [0.2, 0.25) is 0 Å². The SMILES string of the molecule is CC(=O)c1cccc(NC(=O)C(C)Oc2ccc(C(=O)c3ccc(F)cc3)cc2)c1. The van der Waals surface area contributed by atoms with Gasteiger partial charge in [0.15, 0.2) is 17.7 Å². The number of benzene rings is 3. The zero-order chi connectivity index (χ0) is 21.7. The van der Waals surface area contributed by atoms with E-state index in [9.17, 15) is 18.8 Å². The number of anilines is 1. The Morgan fingerprint density at radius 3 is 2.07 bits per heavy atom. The highest BCUT2D eigenvalue weighted by Gasteiger charge is 2.16. The van der Waals surface area contributed by atoms with E-state index in [2.05, 4.69) is 5.32 Å². The van der Waals surface area contributed by atoms with Gasteiger partial charge in [0.25, 0.3) is 5.91 Å². The van der Waals surface area contributed by atoms with Crippen LogP contribution in [0.1, 0.15) is 40.1 Å². The van der Waals surface area contributed by atoms with E-state index in [0.717, 1.165) is 0 Å². The van der Waals surface area contributed by atoms with Crippen molar-refractivity contribution in [2.75, 3.05) is 5.32 Å². The highest BCUT2D eigenvalue weighted by molar-refractivity contribution is 6.09. The van der Waals surface area contributed by atoms with Crippen LogP contribution in [0.15, 0.2) is 72.8 Å². The topological polar surface area (TPSA) is 72.5 Å². The number of hydrogen-bond donors (Lipinski definition) is 1. The number of halogens is 1. The largest absolute Gasteiger partial charge is 0.481 e. The molecule has 3 aromatic carbocycles. The third-order valence-electron chi connectivity index (χ3n) is 4.44. The van der Waals surface area contributed by atoms with Crippen molar-refractivity contribution in [1.29, 1.82) is 0 Å². The Kier molecular flexibility index (Phi) is 6.37. The lowest BCUT2D eigenvalue weighted by molar-refractivity contribution is -0.122. The number of ether oxygens (including phenoxy) is 1. The number of carbonyl (C=O) groups excluding carboxylic acids is 3. The lowest BCUT2D eigenvalue weighted by atomic mass is 10.0. The number of Topliss-reactive ketones (excluding diaryl/α,β-unsaturated/α-hetero) is 1. The van der Waals surface area contributed by atoms with Gasteiger partial charge in [-0.1, -0.05) is 12.1 Å². The minimum absolute atomic E-state index is 0.0920. The summed E-state index contributed by atoms with van der Waals surface area (Å²) in [4.78, 5) is 36.3. The summed E-state index contributed by atoms with van der Waals surface area (Å²) in [6.07, 6.45) is -0.801. The van der Waals surface area contributed by atoms with E-state index < -0.39 is 11.9 Å². The quantitative estimate of drug-likeness (QED) is 0.580. The molecule has 0 aliphatic rings. The predicted molar refractivity (Wildman–Crippen MR) is 111 cm³/mol. The molecule has 0 aromatic heterocycles. The molecule has 0 aliphatic carbocycles. The van der Waals surface area contributed by atoms with Crippen molar-refractivity contribution in [2.45, 2.75) is 20.0 Å². The van der Waals surface area contributed by atoms with Gasteiger partial charge in [0.1, 0.15) is 11.6 Å². The molecule has 0 saturated carbocycles. The first-order chi connectivity index (χ1) is 14.3. The van der Waals surface area contributed by atoms with Crippen molar-refractivity contribution in [3.05, 3.63) is 95.3 Å². The smallest absolute Gasteiger partial charge is 0.265 e. The molecule has 5 nitrogen and oxygen atoms in total. The molecule has 3 rings (SSSR count). The van der Waals surface area contributed by atoms with Gasteiger partial charge in [-0.05, 0) is 74.5 Å². The van der Waals surface area contributed by atoms with Crippen LogP contribution in [0.25, 0.3) is 0 Å². The van der Waals surface area contributed by atoms with Crippen LogP contribution in [0.2, 0.25) is 0 Å². The molecule has 1 amide bonds. The third kappa shape index (κ3) is 5.17. The Labute approximate surface area is 173 Å². The van der Waals surface area contributed by atoms with E-state index >= 15 is 0 Å². The highest BCUT2D eigenvalue weighted by Crippen LogP contribution is 2.18. The van der Waals surface area contributed by atoms with Crippen LogP contribution in [0.5, 0.6) is 5.75 Å². The maximum atomic E-state index is 13.0. The van der Waals surface area contributed by atoms with Crippen LogP contribution in [-0.4, -0.2) is 23.6 Å². The summed E-state index contributed by atoms with van der Waals surface area (Å²) in [5.41, 5.74) is 1.81. The molecule has 30 heavy (non-hydrogen) atoms. The van der Waals surface area contributed by atoms with E-state index in [0.29, 0.717) is 28.1 Å². The first kappa shape index (κ1) is 20.9. The predicted octanol–water partition coefficient (Wildman–Crippen LogP) is 4.67. The Bertz CT molecular complexity index is 1080. The number of nitrogens with one attached hydrogen (secondary N) is 1. The van der Waals surface area contributed by atoms with Crippen LogP contribution < -0.4 is 10.1 Å². The number of rotatable bonds is 7. The Hall–Kier alpha value is -3.80. The van der Waals surface area contributed by atoms with Gasteiger partial charge in [-0.25, -0.2) is 4.39 Å². The lowest BCUT2D eigenvalue weighted by Gasteiger charge is -2.15. The van der Waals surface area contributed by atoms with Crippen molar-refractivity contribution in [2.24, 2.45) is 0 Å². The zero-order valence-electron chi connectivity index (χ0n) is 16.5. The monoisotopic (exact) mass is 405 g/mol. The van der Waals surface area contributed by atoms with E-state index in [1.807, 2.05) is 0 Å². The average Bonchev–Trinajstić information content (AvgIpc) is 2.74. The summed E-state index contributed by atoms with van der Waals surface area (Å²) in [5, 5.41) is 2.71. The van der Waals surface area contributed by atoms with Crippen LogP contribution in [0, 0.1) is 5.82 Å². The van der Waals surface area contributed by atoms with Crippen molar-refractivity contribution in [3.63, 3.8) is 0 Å². The van der Waals surface area contributed by atoms with Gasteiger partial charge in [0, 0.05) is 22.4 Å². The lowest BCUT2D eigenvalue weighted by Crippen LogP contribution is -2.30. The molecule has 6 heteroatoms. The summed E-state index contributed by atoms with van der Waals surface area (Å²) < 4.78 is 18.7. The molecule has 0 heterocycles. The van der Waals surface area contributed by atoms with Gasteiger partial charge in [-0.15, -0.1) is 0 Å². The molecule has 0 spiro atoms. The van der Waals surface area contributed by atoms with Crippen molar-refractivity contribution in [3.8, 4) is 5.75 Å². The zero-order valence-corrected chi connectivity index (χ0v) is 16.5. The minimum Gasteiger partial charge on any atom is -0.481 e. The molecular formula is C24H20FNO4. The Morgan fingerprint density at radius 1 is 0.867 bits per heavy atom. The van der Waals surface area contributed by atoms with Crippen LogP contribution in [0.3, 0.4) is 0 Å². The maximum Gasteiger partial charge on any atom is 0.265 e. The van der Waals surface area contributed by atoms with E-state index in [4.69, 9.17) is 4.74 Å². The molecule has 3 aromatic rings. The van der Waals surface area contributed by atoms with Crippen LogP contribution in [0.4, 0.5) is 10.1 Å². The summed E-state index contributed by atoms with van der Waals surface area (Å²) in [5.74, 6) is -0.688. The average molecular weight is 405 g/mol. The fourth-order valence-corrected chi connectivity index (χ4v) is 2.77. The van der Waals surface area contributed by atoms with Crippen molar-refractivity contribution < 1.29 is 23.5 Å². The van der Waals surface area contributed by atoms with Gasteiger partial charge in [-0.2, -0.15) is 0 Å². The van der Waals surface area contributed by atoms with Gasteiger partial charge >= 0.3 is 0 Å². The minimum atomic E-state index is -0.801. The molecule has 0 saturated heterocycles. The third-order valence-corrected chi connectivity index (χ3v) is 4.44. The molecule has 152 valence electrons. The maximum absolute atomic E-state index is 13.0. The van der Waals surface area contributed by atoms with E-state index in [1.165, 1.54) is 31.2 Å².